The largest absolute Gasteiger partial charge is 0.381 e. The van der Waals surface area contributed by atoms with Crippen LogP contribution in [0.25, 0.3) is 11.0 Å². The van der Waals surface area contributed by atoms with Gasteiger partial charge >= 0.3 is 0 Å². The summed E-state index contributed by atoms with van der Waals surface area (Å²) >= 11 is 7.33. The lowest BCUT2D eigenvalue weighted by Gasteiger charge is -2.22. The van der Waals surface area contributed by atoms with Crippen LogP contribution in [-0.2, 0) is 4.74 Å². The molecule has 26 heavy (non-hydrogen) atoms. The number of hydrogen-bond donors (Lipinski definition) is 2. The molecule has 134 valence electrons. The minimum absolute atomic E-state index is 0.134. The number of imidazole rings is 1. The minimum atomic E-state index is -0.209. The van der Waals surface area contributed by atoms with Crippen LogP contribution in [0.1, 0.15) is 23.3 Å². The zero-order chi connectivity index (χ0) is 17.9. The highest BCUT2D eigenvalue weighted by atomic mass is 35.5. The second-order valence-corrected chi connectivity index (χ2v) is 7.37. The Morgan fingerprint density at radius 2 is 2.08 bits per heavy atom. The molecule has 1 fully saturated rings. The molecule has 0 spiro atoms. The lowest BCUT2D eigenvalue weighted by Crippen LogP contribution is -2.39. The molecule has 2 aromatic heterocycles. The summed E-state index contributed by atoms with van der Waals surface area (Å²) in [5.41, 5.74) is 2.00. The summed E-state index contributed by atoms with van der Waals surface area (Å²) < 4.78 is 5.29. The molecule has 4 rings (SSSR count). The van der Waals surface area contributed by atoms with E-state index in [0.717, 1.165) is 23.9 Å². The first kappa shape index (κ1) is 17.3. The summed E-state index contributed by atoms with van der Waals surface area (Å²) in [5.74, 6) is -0.209. The van der Waals surface area contributed by atoms with Crippen molar-refractivity contribution in [2.75, 3.05) is 13.2 Å². The molecule has 1 aliphatic heterocycles. The number of ether oxygens (including phenoxy) is 1. The number of amides is 1. The van der Waals surface area contributed by atoms with Crippen molar-refractivity contribution in [3.63, 3.8) is 0 Å². The number of aromatic amines is 1. The number of H-pyrrole nitrogens is 1. The van der Waals surface area contributed by atoms with Crippen LogP contribution < -0.4 is 5.32 Å². The van der Waals surface area contributed by atoms with E-state index in [4.69, 9.17) is 16.3 Å². The third kappa shape index (κ3) is 3.98. The number of benzene rings is 1. The predicted octanol–water partition coefficient (Wildman–Crippen LogP) is 3.07. The van der Waals surface area contributed by atoms with E-state index in [0.29, 0.717) is 34.1 Å². The number of hydrogen-bond acceptors (Lipinski definition) is 6. The van der Waals surface area contributed by atoms with Crippen molar-refractivity contribution in [2.24, 2.45) is 0 Å². The molecule has 0 atom stereocenters. The number of rotatable bonds is 4. The molecule has 1 amide bonds. The van der Waals surface area contributed by atoms with E-state index >= 15 is 0 Å². The number of aromatic nitrogens is 4. The molecule has 1 aromatic carbocycles. The molecule has 1 aliphatic rings. The van der Waals surface area contributed by atoms with Gasteiger partial charge in [-0.15, -0.1) is 10.2 Å². The molecule has 3 aromatic rings. The molecule has 1 saturated heterocycles. The van der Waals surface area contributed by atoms with Crippen LogP contribution in [0.2, 0.25) is 5.02 Å². The van der Waals surface area contributed by atoms with Gasteiger partial charge in [0, 0.05) is 24.3 Å². The standard InChI is InChI=1S/C17H16ClN5O2S/c18-10-1-2-12-14(9-10)21-17(20-12)26-15-4-3-13(22-23-15)16(24)19-11-5-7-25-8-6-11/h1-4,9,11H,5-8H2,(H,19,24)(H,20,21). The zero-order valence-electron chi connectivity index (χ0n) is 13.7. The molecule has 3 heterocycles. The Labute approximate surface area is 158 Å². The van der Waals surface area contributed by atoms with E-state index in [9.17, 15) is 4.79 Å². The minimum Gasteiger partial charge on any atom is -0.381 e. The summed E-state index contributed by atoms with van der Waals surface area (Å²) in [6.45, 7) is 1.35. The van der Waals surface area contributed by atoms with Crippen LogP contribution in [0.4, 0.5) is 0 Å². The van der Waals surface area contributed by atoms with Gasteiger partial charge in [-0.2, -0.15) is 0 Å². The van der Waals surface area contributed by atoms with Crippen molar-refractivity contribution in [3.05, 3.63) is 41.0 Å². The number of carbonyl (C=O) groups is 1. The van der Waals surface area contributed by atoms with Gasteiger partial charge in [-0.05, 0) is 54.9 Å². The molecule has 9 heteroatoms. The van der Waals surface area contributed by atoms with Crippen LogP contribution in [0, 0.1) is 0 Å². The maximum atomic E-state index is 12.2. The Hall–Kier alpha value is -2.16. The molecule has 7 nitrogen and oxygen atoms in total. The first-order chi connectivity index (χ1) is 12.7. The van der Waals surface area contributed by atoms with Crippen molar-refractivity contribution in [2.45, 2.75) is 29.1 Å². The Morgan fingerprint density at radius 3 is 2.85 bits per heavy atom. The van der Waals surface area contributed by atoms with E-state index in [1.54, 1.807) is 18.2 Å². The topological polar surface area (TPSA) is 92.8 Å². The fraction of sp³-hybridized carbons (Fsp3) is 0.294. The summed E-state index contributed by atoms with van der Waals surface area (Å²) in [7, 11) is 0. The van der Waals surface area contributed by atoms with Crippen molar-refractivity contribution >= 4 is 40.3 Å². The maximum absolute atomic E-state index is 12.2. The first-order valence-corrected chi connectivity index (χ1v) is 9.42. The van der Waals surface area contributed by atoms with E-state index in [2.05, 4.69) is 25.5 Å². The summed E-state index contributed by atoms with van der Waals surface area (Å²) in [6, 6.07) is 9.04. The van der Waals surface area contributed by atoms with Gasteiger partial charge in [0.1, 0.15) is 5.03 Å². The highest BCUT2D eigenvalue weighted by Gasteiger charge is 2.18. The van der Waals surface area contributed by atoms with Crippen LogP contribution >= 0.6 is 23.4 Å². The number of nitrogens with one attached hydrogen (secondary N) is 2. The molecular weight excluding hydrogens is 374 g/mol. The monoisotopic (exact) mass is 389 g/mol. The van der Waals surface area contributed by atoms with Crippen molar-refractivity contribution in [3.8, 4) is 0 Å². The number of nitrogens with zero attached hydrogens (tertiary/aromatic N) is 3. The van der Waals surface area contributed by atoms with Gasteiger partial charge in [-0.25, -0.2) is 4.98 Å². The Morgan fingerprint density at radius 1 is 1.23 bits per heavy atom. The van der Waals surface area contributed by atoms with Crippen LogP contribution in [0.3, 0.4) is 0 Å². The third-order valence-corrected chi connectivity index (χ3v) is 5.10. The highest BCUT2D eigenvalue weighted by Crippen LogP contribution is 2.26. The van der Waals surface area contributed by atoms with Gasteiger partial charge in [0.15, 0.2) is 10.9 Å². The Kier molecular flexibility index (Phi) is 5.05. The zero-order valence-corrected chi connectivity index (χ0v) is 15.3. The van der Waals surface area contributed by atoms with Gasteiger partial charge in [0.2, 0.25) is 0 Å². The van der Waals surface area contributed by atoms with Gasteiger partial charge in [-0.3, -0.25) is 4.79 Å². The molecular formula is C17H16ClN5O2S. The van der Waals surface area contributed by atoms with E-state index in [1.165, 1.54) is 11.8 Å². The second kappa shape index (κ2) is 7.61. The molecule has 2 N–H and O–H groups in total. The third-order valence-electron chi connectivity index (χ3n) is 4.05. The Balaban J connectivity index is 1.42. The number of carbonyl (C=O) groups excluding carboxylic acids is 1. The SMILES string of the molecule is O=C(NC1CCOCC1)c1ccc(Sc2nc3ccc(Cl)cc3[nH]2)nn1. The fourth-order valence-electron chi connectivity index (χ4n) is 2.70. The highest BCUT2D eigenvalue weighted by molar-refractivity contribution is 7.99. The van der Waals surface area contributed by atoms with Crippen molar-refractivity contribution in [1.82, 2.24) is 25.5 Å². The molecule has 0 unspecified atom stereocenters. The average Bonchev–Trinajstić information content (AvgIpc) is 3.04. The van der Waals surface area contributed by atoms with Gasteiger partial charge in [0.05, 0.1) is 11.0 Å². The molecule has 0 saturated carbocycles. The molecule has 0 bridgehead atoms. The lowest BCUT2D eigenvalue weighted by molar-refractivity contribution is 0.0693. The Bertz CT molecular complexity index is 925. The fourth-order valence-corrected chi connectivity index (χ4v) is 3.60. The number of halogens is 1. The van der Waals surface area contributed by atoms with Crippen molar-refractivity contribution in [1.29, 1.82) is 0 Å². The predicted molar refractivity (Wildman–Crippen MR) is 98.6 cm³/mol. The van der Waals surface area contributed by atoms with Crippen molar-refractivity contribution < 1.29 is 9.53 Å². The molecule has 0 radical (unpaired) electrons. The second-order valence-electron chi connectivity index (χ2n) is 5.92. The lowest BCUT2D eigenvalue weighted by atomic mass is 10.1. The quantitative estimate of drug-likeness (QED) is 0.712. The van der Waals surface area contributed by atoms with E-state index < -0.39 is 0 Å². The smallest absolute Gasteiger partial charge is 0.272 e. The van der Waals surface area contributed by atoms with E-state index in [-0.39, 0.29) is 11.9 Å². The van der Waals surface area contributed by atoms with Gasteiger partial charge in [0.25, 0.3) is 5.91 Å². The normalized spacial score (nSPS) is 15.3. The van der Waals surface area contributed by atoms with Gasteiger partial charge in [-0.1, -0.05) is 11.6 Å². The van der Waals surface area contributed by atoms with Gasteiger partial charge < -0.3 is 15.0 Å². The number of fused-ring (bicyclic) bond motifs is 1. The maximum Gasteiger partial charge on any atom is 0.272 e. The summed E-state index contributed by atoms with van der Waals surface area (Å²) in [4.78, 5) is 19.9. The van der Waals surface area contributed by atoms with E-state index in [1.807, 2.05) is 12.1 Å². The first-order valence-electron chi connectivity index (χ1n) is 8.23. The van der Waals surface area contributed by atoms with Crippen LogP contribution in [0.5, 0.6) is 0 Å². The van der Waals surface area contributed by atoms with Crippen LogP contribution in [-0.4, -0.2) is 45.3 Å². The summed E-state index contributed by atoms with van der Waals surface area (Å²) in [6.07, 6.45) is 1.65. The summed E-state index contributed by atoms with van der Waals surface area (Å²) in [5, 5.41) is 13.1. The average molecular weight is 390 g/mol. The van der Waals surface area contributed by atoms with Crippen LogP contribution in [0.15, 0.2) is 40.5 Å². The molecule has 0 aliphatic carbocycles.